The number of carboxylic acid groups (broad SMARTS) is 1. The number of aliphatic carboxylic acids is 1. The topological polar surface area (TPSA) is 92.9 Å². The predicted molar refractivity (Wildman–Crippen MR) is 81.8 cm³/mol. The van der Waals surface area contributed by atoms with E-state index < -0.39 is 5.97 Å². The van der Waals surface area contributed by atoms with Crippen LogP contribution in [0.1, 0.15) is 16.8 Å². The molecular weight excluding hydrogens is 292 g/mol. The number of carboxylic acids is 1. The molecule has 7 heteroatoms. The van der Waals surface area contributed by atoms with Gasteiger partial charge in [0.05, 0.1) is 25.1 Å². The summed E-state index contributed by atoms with van der Waals surface area (Å²) < 4.78 is 5.21. The van der Waals surface area contributed by atoms with E-state index in [9.17, 15) is 9.59 Å². The van der Waals surface area contributed by atoms with Crippen molar-refractivity contribution in [3.8, 4) is 5.75 Å². The first-order valence-corrected chi connectivity index (χ1v) is 7.72. The predicted octanol–water partition coefficient (Wildman–Crippen LogP) is 1.31. The number of hydrogen-bond donors (Lipinski definition) is 2. The molecule has 114 valence electrons. The number of anilines is 1. The van der Waals surface area contributed by atoms with Crippen LogP contribution in [0.25, 0.3) is 0 Å². The average molecular weight is 310 g/mol. The minimum atomic E-state index is -0.899. The second kappa shape index (κ2) is 6.71. The van der Waals surface area contributed by atoms with E-state index >= 15 is 0 Å². The first-order chi connectivity index (χ1) is 10.0. The summed E-state index contributed by atoms with van der Waals surface area (Å²) >= 11 is 1.67. The number of amides is 1. The minimum Gasteiger partial charge on any atom is -0.496 e. The molecule has 6 nitrogen and oxygen atoms in total. The average Bonchev–Trinajstić information content (AvgIpc) is 2.46. The van der Waals surface area contributed by atoms with Crippen molar-refractivity contribution < 1.29 is 19.4 Å². The molecule has 1 aliphatic rings. The Morgan fingerprint density at radius 2 is 2.29 bits per heavy atom. The van der Waals surface area contributed by atoms with Crippen LogP contribution in [0.3, 0.4) is 0 Å². The van der Waals surface area contributed by atoms with Crippen LogP contribution in [0, 0.1) is 0 Å². The van der Waals surface area contributed by atoms with Crippen molar-refractivity contribution in [1.82, 2.24) is 4.90 Å². The van der Waals surface area contributed by atoms with E-state index in [0.29, 0.717) is 29.3 Å². The second-order valence-corrected chi connectivity index (χ2v) is 5.93. The Morgan fingerprint density at radius 3 is 2.95 bits per heavy atom. The molecule has 1 aromatic rings. The van der Waals surface area contributed by atoms with Crippen molar-refractivity contribution in [3.05, 3.63) is 23.8 Å². The number of carbonyl (C=O) groups excluding carboxylic acids is 1. The summed E-state index contributed by atoms with van der Waals surface area (Å²) in [6, 6.07) is 4.56. The summed E-state index contributed by atoms with van der Waals surface area (Å²) in [6.45, 7) is 0.537. The lowest BCUT2D eigenvalue weighted by Gasteiger charge is -2.35. The Kier molecular flexibility index (Phi) is 4.95. The van der Waals surface area contributed by atoms with Gasteiger partial charge in [-0.15, -0.1) is 0 Å². The number of nitrogen functional groups attached to an aromatic ring is 1. The van der Waals surface area contributed by atoms with Gasteiger partial charge >= 0.3 is 5.97 Å². The van der Waals surface area contributed by atoms with Crippen molar-refractivity contribution >= 4 is 29.3 Å². The van der Waals surface area contributed by atoms with Crippen LogP contribution in [0.15, 0.2) is 18.2 Å². The molecule has 0 aliphatic carbocycles. The zero-order chi connectivity index (χ0) is 15.4. The Bertz CT molecular complexity index is 550. The van der Waals surface area contributed by atoms with Crippen molar-refractivity contribution in [3.63, 3.8) is 0 Å². The number of benzene rings is 1. The maximum absolute atomic E-state index is 12.7. The van der Waals surface area contributed by atoms with Gasteiger partial charge in [0.2, 0.25) is 0 Å². The molecule has 2 rings (SSSR count). The van der Waals surface area contributed by atoms with Gasteiger partial charge in [-0.3, -0.25) is 9.59 Å². The molecule has 1 fully saturated rings. The largest absolute Gasteiger partial charge is 0.496 e. The molecule has 1 atom stereocenters. The molecular formula is C14H18N2O4S. The number of thioether (sulfide) groups is 1. The van der Waals surface area contributed by atoms with E-state index in [1.165, 1.54) is 7.11 Å². The zero-order valence-electron chi connectivity index (χ0n) is 11.7. The maximum Gasteiger partial charge on any atom is 0.305 e. The van der Waals surface area contributed by atoms with Crippen molar-refractivity contribution in [2.45, 2.75) is 12.5 Å². The van der Waals surface area contributed by atoms with E-state index in [1.54, 1.807) is 34.9 Å². The summed E-state index contributed by atoms with van der Waals surface area (Å²) in [5, 5.41) is 8.98. The Morgan fingerprint density at radius 1 is 1.52 bits per heavy atom. The van der Waals surface area contributed by atoms with Crippen LogP contribution in [0.5, 0.6) is 5.75 Å². The van der Waals surface area contributed by atoms with E-state index in [2.05, 4.69) is 0 Å². The van der Waals surface area contributed by atoms with Crippen molar-refractivity contribution in [2.75, 3.05) is 30.9 Å². The molecule has 0 bridgehead atoms. The maximum atomic E-state index is 12.7. The third-order valence-corrected chi connectivity index (χ3v) is 4.45. The van der Waals surface area contributed by atoms with Gasteiger partial charge in [-0.25, -0.2) is 0 Å². The highest BCUT2D eigenvalue weighted by Crippen LogP contribution is 2.27. The number of hydrogen-bond acceptors (Lipinski definition) is 5. The molecule has 1 aliphatic heterocycles. The van der Waals surface area contributed by atoms with Crippen LogP contribution < -0.4 is 10.5 Å². The lowest BCUT2D eigenvalue weighted by molar-refractivity contribution is -0.138. The number of ether oxygens (including phenoxy) is 1. The van der Waals surface area contributed by atoms with Gasteiger partial charge in [0, 0.05) is 29.8 Å². The molecule has 1 heterocycles. The van der Waals surface area contributed by atoms with E-state index in [0.717, 1.165) is 5.75 Å². The Hall–Kier alpha value is -1.89. The number of nitrogens with two attached hydrogens (primary N) is 1. The molecule has 1 amide bonds. The van der Waals surface area contributed by atoms with Gasteiger partial charge in [0.25, 0.3) is 5.91 Å². The number of methoxy groups -OCH3 is 1. The van der Waals surface area contributed by atoms with Gasteiger partial charge in [-0.2, -0.15) is 11.8 Å². The van der Waals surface area contributed by atoms with E-state index in [1.807, 2.05) is 0 Å². The van der Waals surface area contributed by atoms with Crippen LogP contribution in [-0.4, -0.2) is 53.1 Å². The molecule has 3 N–H and O–H groups in total. The zero-order valence-corrected chi connectivity index (χ0v) is 12.6. The SMILES string of the molecule is COc1cc(N)ccc1C(=O)N1CCSCC1CC(=O)O. The van der Waals surface area contributed by atoms with Gasteiger partial charge in [0.1, 0.15) is 5.75 Å². The quantitative estimate of drug-likeness (QED) is 0.815. The normalized spacial score (nSPS) is 18.3. The first kappa shape index (κ1) is 15.5. The van der Waals surface area contributed by atoms with Crippen LogP contribution in [0.4, 0.5) is 5.69 Å². The van der Waals surface area contributed by atoms with Gasteiger partial charge in [-0.1, -0.05) is 0 Å². The molecule has 1 saturated heterocycles. The fraction of sp³-hybridized carbons (Fsp3) is 0.429. The minimum absolute atomic E-state index is 0.0456. The highest BCUT2D eigenvalue weighted by Gasteiger charge is 2.30. The van der Waals surface area contributed by atoms with E-state index in [-0.39, 0.29) is 18.4 Å². The smallest absolute Gasteiger partial charge is 0.305 e. The molecule has 0 spiro atoms. The second-order valence-electron chi connectivity index (χ2n) is 4.78. The summed E-state index contributed by atoms with van der Waals surface area (Å²) in [6.07, 6.45) is -0.0456. The fourth-order valence-corrected chi connectivity index (χ4v) is 3.39. The molecule has 21 heavy (non-hydrogen) atoms. The summed E-state index contributed by atoms with van der Waals surface area (Å²) in [5.41, 5.74) is 6.61. The highest BCUT2D eigenvalue weighted by atomic mass is 32.2. The van der Waals surface area contributed by atoms with Gasteiger partial charge in [-0.05, 0) is 12.1 Å². The van der Waals surface area contributed by atoms with Crippen molar-refractivity contribution in [2.24, 2.45) is 0 Å². The lowest BCUT2D eigenvalue weighted by atomic mass is 10.1. The number of rotatable bonds is 4. The van der Waals surface area contributed by atoms with Crippen molar-refractivity contribution in [1.29, 1.82) is 0 Å². The molecule has 0 saturated carbocycles. The highest BCUT2D eigenvalue weighted by molar-refractivity contribution is 7.99. The Labute approximate surface area is 127 Å². The summed E-state index contributed by atoms with van der Waals surface area (Å²) in [5.74, 6) is 0.740. The third kappa shape index (κ3) is 3.60. The van der Waals surface area contributed by atoms with Crippen LogP contribution in [0.2, 0.25) is 0 Å². The van der Waals surface area contributed by atoms with Gasteiger partial charge < -0.3 is 20.5 Å². The van der Waals surface area contributed by atoms with Crippen LogP contribution in [-0.2, 0) is 4.79 Å². The molecule has 1 aromatic carbocycles. The lowest BCUT2D eigenvalue weighted by Crippen LogP contribution is -2.47. The fourth-order valence-electron chi connectivity index (χ4n) is 2.33. The summed E-state index contributed by atoms with van der Waals surface area (Å²) in [4.78, 5) is 25.3. The Balaban J connectivity index is 2.26. The molecule has 0 radical (unpaired) electrons. The van der Waals surface area contributed by atoms with Crippen LogP contribution >= 0.6 is 11.8 Å². The molecule has 0 aromatic heterocycles. The summed E-state index contributed by atoms with van der Waals surface area (Å²) in [7, 11) is 1.48. The first-order valence-electron chi connectivity index (χ1n) is 6.57. The third-order valence-electron chi connectivity index (χ3n) is 3.35. The van der Waals surface area contributed by atoms with E-state index in [4.69, 9.17) is 15.6 Å². The number of nitrogens with zero attached hydrogens (tertiary/aromatic N) is 1. The van der Waals surface area contributed by atoms with Gasteiger partial charge in [0.15, 0.2) is 0 Å². The number of carbonyl (C=O) groups is 2. The molecule has 1 unspecified atom stereocenters. The monoisotopic (exact) mass is 310 g/mol. The standard InChI is InChI=1S/C14H18N2O4S/c1-20-12-6-9(15)2-3-11(12)14(19)16-4-5-21-8-10(16)7-13(17)18/h2-3,6,10H,4-5,7-8,15H2,1H3,(H,17,18).